The number of hydrogen-bond donors (Lipinski definition) is 1. The lowest BCUT2D eigenvalue weighted by Gasteiger charge is -2.01. The van der Waals surface area contributed by atoms with Crippen LogP contribution in [0.5, 0.6) is 0 Å². The van der Waals surface area contributed by atoms with Crippen molar-refractivity contribution in [2.75, 3.05) is 12.3 Å². The Morgan fingerprint density at radius 3 is 2.46 bits per heavy atom. The maximum absolute atomic E-state index is 5.47. The summed E-state index contributed by atoms with van der Waals surface area (Å²) in [5.41, 5.74) is 6.81. The maximum Gasteiger partial charge on any atom is 0.00721 e. The number of nitrogens with two attached hydrogens (primary N) is 1. The van der Waals surface area contributed by atoms with Crippen LogP contribution in [0.2, 0.25) is 0 Å². The van der Waals surface area contributed by atoms with Gasteiger partial charge >= 0.3 is 0 Å². The lowest BCUT2D eigenvalue weighted by molar-refractivity contribution is 0.966. The summed E-state index contributed by atoms with van der Waals surface area (Å²) in [6.07, 6.45) is 2.22. The predicted molar refractivity (Wildman–Crippen MR) is 60.2 cm³/mol. The highest BCUT2D eigenvalue weighted by Crippen LogP contribution is 2.18. The molecular formula is C11H17NS. The van der Waals surface area contributed by atoms with Gasteiger partial charge in [-0.05, 0) is 42.8 Å². The van der Waals surface area contributed by atoms with E-state index in [1.807, 2.05) is 11.8 Å². The molecule has 0 aliphatic heterocycles. The van der Waals surface area contributed by atoms with Gasteiger partial charge in [-0.1, -0.05) is 19.1 Å². The first-order chi connectivity index (χ1) is 6.36. The van der Waals surface area contributed by atoms with Crippen LogP contribution in [-0.2, 0) is 6.42 Å². The van der Waals surface area contributed by atoms with Gasteiger partial charge in [0, 0.05) is 4.90 Å². The van der Waals surface area contributed by atoms with Crippen LogP contribution >= 0.6 is 11.8 Å². The molecule has 1 aromatic carbocycles. The lowest BCUT2D eigenvalue weighted by Crippen LogP contribution is -2.02. The second-order valence-corrected chi connectivity index (χ2v) is 4.20. The van der Waals surface area contributed by atoms with E-state index in [-0.39, 0.29) is 0 Å². The maximum atomic E-state index is 5.47. The Morgan fingerprint density at radius 1 is 1.23 bits per heavy atom. The predicted octanol–water partition coefficient (Wildman–Crippen LogP) is 2.69. The van der Waals surface area contributed by atoms with Crippen LogP contribution in [0, 0.1) is 0 Å². The van der Waals surface area contributed by atoms with Crippen molar-refractivity contribution in [1.82, 2.24) is 0 Å². The Morgan fingerprint density at radius 2 is 1.92 bits per heavy atom. The number of benzene rings is 1. The molecule has 2 N–H and O–H groups in total. The fourth-order valence-corrected chi connectivity index (χ4v) is 1.91. The largest absolute Gasteiger partial charge is 0.330 e. The van der Waals surface area contributed by atoms with E-state index in [1.165, 1.54) is 22.6 Å². The van der Waals surface area contributed by atoms with Crippen molar-refractivity contribution in [3.05, 3.63) is 29.8 Å². The van der Waals surface area contributed by atoms with Gasteiger partial charge in [0.15, 0.2) is 0 Å². The number of rotatable bonds is 5. The van der Waals surface area contributed by atoms with Crippen LogP contribution < -0.4 is 5.73 Å². The zero-order valence-electron chi connectivity index (χ0n) is 8.12. The van der Waals surface area contributed by atoms with Crippen LogP contribution in [0.25, 0.3) is 0 Å². The molecule has 0 heterocycles. The summed E-state index contributed by atoms with van der Waals surface area (Å²) in [7, 11) is 0. The molecule has 0 spiro atoms. The first-order valence-corrected chi connectivity index (χ1v) is 5.77. The van der Waals surface area contributed by atoms with E-state index in [1.54, 1.807) is 0 Å². The minimum absolute atomic E-state index is 0.738. The minimum Gasteiger partial charge on any atom is -0.330 e. The second kappa shape index (κ2) is 6.06. The van der Waals surface area contributed by atoms with E-state index < -0.39 is 0 Å². The molecule has 1 aromatic rings. The Bertz CT molecular complexity index is 230. The summed E-state index contributed by atoms with van der Waals surface area (Å²) in [5, 5.41) is 0. The third-order valence-corrected chi connectivity index (χ3v) is 3.05. The summed E-state index contributed by atoms with van der Waals surface area (Å²) < 4.78 is 0. The Hall–Kier alpha value is -0.470. The molecule has 0 aliphatic rings. The molecule has 0 aliphatic carbocycles. The molecule has 0 atom stereocenters. The summed E-state index contributed by atoms with van der Waals surface area (Å²) in [6, 6.07) is 8.71. The Balaban J connectivity index is 2.48. The molecule has 0 amide bonds. The van der Waals surface area contributed by atoms with Gasteiger partial charge in [0.2, 0.25) is 0 Å². The average molecular weight is 195 g/mol. The first kappa shape index (κ1) is 10.6. The van der Waals surface area contributed by atoms with Gasteiger partial charge in [0.25, 0.3) is 0 Å². The van der Waals surface area contributed by atoms with E-state index >= 15 is 0 Å². The van der Waals surface area contributed by atoms with Crippen LogP contribution in [0.4, 0.5) is 0 Å². The number of hydrogen-bond acceptors (Lipinski definition) is 2. The van der Waals surface area contributed by atoms with E-state index in [9.17, 15) is 0 Å². The highest BCUT2D eigenvalue weighted by molar-refractivity contribution is 7.99. The average Bonchev–Trinajstić information content (AvgIpc) is 2.17. The summed E-state index contributed by atoms with van der Waals surface area (Å²) in [6.45, 7) is 2.94. The Labute approximate surface area is 84.7 Å². The van der Waals surface area contributed by atoms with Gasteiger partial charge in [-0.25, -0.2) is 0 Å². The van der Waals surface area contributed by atoms with Crippen molar-refractivity contribution in [3.8, 4) is 0 Å². The number of thioether (sulfide) groups is 1. The molecule has 1 rings (SSSR count). The van der Waals surface area contributed by atoms with Crippen LogP contribution in [0.1, 0.15) is 18.9 Å². The molecule has 0 fully saturated rings. The van der Waals surface area contributed by atoms with Gasteiger partial charge in [0.05, 0.1) is 0 Å². The normalized spacial score (nSPS) is 10.3. The van der Waals surface area contributed by atoms with Crippen molar-refractivity contribution in [2.45, 2.75) is 24.7 Å². The third-order valence-electron chi connectivity index (χ3n) is 1.83. The first-order valence-electron chi connectivity index (χ1n) is 4.78. The smallest absolute Gasteiger partial charge is 0.00721 e. The quantitative estimate of drug-likeness (QED) is 0.731. The minimum atomic E-state index is 0.738. The van der Waals surface area contributed by atoms with Gasteiger partial charge in [-0.2, -0.15) is 0 Å². The zero-order chi connectivity index (χ0) is 9.52. The lowest BCUT2D eigenvalue weighted by atomic mass is 10.2. The van der Waals surface area contributed by atoms with Crippen LogP contribution in [0.15, 0.2) is 29.2 Å². The van der Waals surface area contributed by atoms with Crippen molar-refractivity contribution in [3.63, 3.8) is 0 Å². The summed E-state index contributed by atoms with van der Waals surface area (Å²) in [5.74, 6) is 1.20. The SMILES string of the molecule is CCCSc1ccc(CCN)cc1. The van der Waals surface area contributed by atoms with E-state index in [2.05, 4.69) is 31.2 Å². The van der Waals surface area contributed by atoms with Crippen molar-refractivity contribution < 1.29 is 0 Å². The monoisotopic (exact) mass is 195 g/mol. The highest BCUT2D eigenvalue weighted by Gasteiger charge is 1.93. The Kier molecular flexibility index (Phi) is 4.94. The molecule has 0 saturated heterocycles. The standard InChI is InChI=1S/C11H17NS/c1-2-9-13-11-5-3-10(4-6-11)7-8-12/h3-6H,2,7-9,12H2,1H3. The van der Waals surface area contributed by atoms with Crippen molar-refractivity contribution >= 4 is 11.8 Å². The second-order valence-electron chi connectivity index (χ2n) is 3.03. The topological polar surface area (TPSA) is 26.0 Å². The van der Waals surface area contributed by atoms with E-state index in [0.717, 1.165) is 13.0 Å². The molecule has 1 nitrogen and oxygen atoms in total. The van der Waals surface area contributed by atoms with Crippen molar-refractivity contribution in [2.24, 2.45) is 5.73 Å². The fourth-order valence-electron chi connectivity index (χ4n) is 1.14. The molecule has 0 bridgehead atoms. The van der Waals surface area contributed by atoms with Crippen LogP contribution in [-0.4, -0.2) is 12.3 Å². The fraction of sp³-hybridized carbons (Fsp3) is 0.455. The molecule has 0 aromatic heterocycles. The van der Waals surface area contributed by atoms with E-state index in [0.29, 0.717) is 0 Å². The molecule has 13 heavy (non-hydrogen) atoms. The van der Waals surface area contributed by atoms with Gasteiger partial charge in [0.1, 0.15) is 0 Å². The van der Waals surface area contributed by atoms with E-state index in [4.69, 9.17) is 5.73 Å². The molecule has 2 heteroatoms. The highest BCUT2D eigenvalue weighted by atomic mass is 32.2. The molecule has 0 saturated carbocycles. The summed E-state index contributed by atoms with van der Waals surface area (Å²) >= 11 is 1.92. The summed E-state index contributed by atoms with van der Waals surface area (Å²) in [4.78, 5) is 1.36. The molecule has 72 valence electrons. The van der Waals surface area contributed by atoms with Crippen LogP contribution in [0.3, 0.4) is 0 Å². The third kappa shape index (κ3) is 3.83. The molecule has 0 unspecified atom stereocenters. The van der Waals surface area contributed by atoms with Gasteiger partial charge in [-0.15, -0.1) is 11.8 Å². The molecule has 0 radical (unpaired) electrons. The zero-order valence-corrected chi connectivity index (χ0v) is 8.94. The van der Waals surface area contributed by atoms with Crippen molar-refractivity contribution in [1.29, 1.82) is 0 Å². The van der Waals surface area contributed by atoms with Gasteiger partial charge in [-0.3, -0.25) is 0 Å². The van der Waals surface area contributed by atoms with Gasteiger partial charge < -0.3 is 5.73 Å². The molecular weight excluding hydrogens is 178 g/mol.